The Bertz CT molecular complexity index is 821. The quantitative estimate of drug-likeness (QED) is 0.596. The second-order valence-electron chi connectivity index (χ2n) is 9.03. The fourth-order valence-electron chi connectivity index (χ4n) is 5.07. The van der Waals surface area contributed by atoms with Gasteiger partial charge >= 0.3 is 5.97 Å². The predicted molar refractivity (Wildman–Crippen MR) is 100 cm³/mol. The molecule has 0 bridgehead atoms. The molecule has 158 valence electrons. The number of aliphatic hydroxyl groups is 1. The topological polar surface area (TPSA) is 89.0 Å². The smallest absolute Gasteiger partial charge is 0.307 e. The Balaban J connectivity index is 1.49. The standard InChI is InChI=1S/C21H27FN2O5/c1-19(2)13-21(7-11-28-19)15(12-16(25)29-21)18(26)24-9-5-20(27,6-10-24)14-4-3-8-23-17(14)22/h3-4,8,15,27H,5-7,9-13H2,1-2H3/t15-,21-/m1/s1. The van der Waals surface area contributed by atoms with Crippen molar-refractivity contribution in [2.24, 2.45) is 5.92 Å². The normalized spacial score (nSPS) is 31.0. The van der Waals surface area contributed by atoms with Crippen molar-refractivity contribution in [1.29, 1.82) is 0 Å². The summed E-state index contributed by atoms with van der Waals surface area (Å²) in [6.07, 6.45) is 2.80. The van der Waals surface area contributed by atoms with Crippen molar-refractivity contribution in [3.63, 3.8) is 0 Å². The van der Waals surface area contributed by atoms with Gasteiger partial charge in [-0.15, -0.1) is 0 Å². The molecule has 0 saturated carbocycles. The van der Waals surface area contributed by atoms with Crippen LogP contribution in [0.2, 0.25) is 0 Å². The molecule has 3 saturated heterocycles. The third-order valence-electron chi connectivity index (χ3n) is 6.53. The SMILES string of the molecule is CC1(C)C[C@@]2(CCO1)OC(=O)C[C@@H]2C(=O)N1CCC(O)(c2cccnc2F)CC1. The Morgan fingerprint density at radius 1 is 1.31 bits per heavy atom. The first kappa shape index (κ1) is 20.2. The summed E-state index contributed by atoms with van der Waals surface area (Å²) in [5, 5.41) is 10.9. The number of carbonyl (C=O) groups is 2. The molecular weight excluding hydrogens is 379 g/mol. The minimum Gasteiger partial charge on any atom is -0.458 e. The van der Waals surface area contributed by atoms with Gasteiger partial charge in [0.2, 0.25) is 11.9 Å². The van der Waals surface area contributed by atoms with Crippen molar-refractivity contribution in [2.75, 3.05) is 19.7 Å². The van der Waals surface area contributed by atoms with Gasteiger partial charge in [-0.3, -0.25) is 9.59 Å². The lowest BCUT2D eigenvalue weighted by atomic mass is 9.74. The molecule has 1 amide bonds. The molecule has 4 heterocycles. The average Bonchev–Trinajstić information content (AvgIpc) is 2.96. The Kier molecular flexibility index (Phi) is 4.90. The van der Waals surface area contributed by atoms with Gasteiger partial charge < -0.3 is 19.5 Å². The van der Waals surface area contributed by atoms with Gasteiger partial charge in [0.15, 0.2) is 0 Å². The van der Waals surface area contributed by atoms with Crippen LogP contribution < -0.4 is 0 Å². The molecule has 0 unspecified atom stereocenters. The lowest BCUT2D eigenvalue weighted by Crippen LogP contribution is -2.55. The summed E-state index contributed by atoms with van der Waals surface area (Å²) in [7, 11) is 0. The van der Waals surface area contributed by atoms with Crippen LogP contribution in [0.1, 0.15) is 51.5 Å². The monoisotopic (exact) mass is 406 g/mol. The minimum atomic E-state index is -1.35. The summed E-state index contributed by atoms with van der Waals surface area (Å²) >= 11 is 0. The highest BCUT2D eigenvalue weighted by molar-refractivity contribution is 5.88. The number of halogens is 1. The molecule has 0 radical (unpaired) electrons. The van der Waals surface area contributed by atoms with Crippen LogP contribution in [0.4, 0.5) is 4.39 Å². The zero-order valence-electron chi connectivity index (χ0n) is 16.8. The Morgan fingerprint density at radius 3 is 2.69 bits per heavy atom. The summed E-state index contributed by atoms with van der Waals surface area (Å²) in [5.74, 6) is -1.73. The van der Waals surface area contributed by atoms with Crippen LogP contribution in [0, 0.1) is 11.9 Å². The minimum absolute atomic E-state index is 0.0624. The molecule has 0 aromatic carbocycles. The maximum absolute atomic E-state index is 14.1. The lowest BCUT2D eigenvalue weighted by Gasteiger charge is -2.45. The van der Waals surface area contributed by atoms with Gasteiger partial charge in [-0.1, -0.05) is 6.07 Å². The summed E-state index contributed by atoms with van der Waals surface area (Å²) in [5.41, 5.74) is -2.50. The van der Waals surface area contributed by atoms with Gasteiger partial charge in [0, 0.05) is 37.7 Å². The number of likely N-dealkylation sites (tertiary alicyclic amines) is 1. The third-order valence-corrected chi connectivity index (χ3v) is 6.53. The highest BCUT2D eigenvalue weighted by Crippen LogP contribution is 2.47. The molecule has 8 heteroatoms. The van der Waals surface area contributed by atoms with E-state index in [-0.39, 0.29) is 49.8 Å². The molecule has 1 N–H and O–H groups in total. The van der Waals surface area contributed by atoms with E-state index in [9.17, 15) is 19.1 Å². The summed E-state index contributed by atoms with van der Waals surface area (Å²) in [4.78, 5) is 30.7. The molecule has 0 aliphatic carbocycles. The number of carbonyl (C=O) groups excluding carboxylic acids is 2. The van der Waals surface area contributed by atoms with Crippen molar-refractivity contribution in [3.8, 4) is 0 Å². The fourth-order valence-corrected chi connectivity index (χ4v) is 5.07. The Morgan fingerprint density at radius 2 is 2.03 bits per heavy atom. The summed E-state index contributed by atoms with van der Waals surface area (Å²) in [6, 6.07) is 3.12. The lowest BCUT2D eigenvalue weighted by molar-refractivity contribution is -0.182. The van der Waals surface area contributed by atoms with E-state index in [1.54, 1.807) is 11.0 Å². The first-order valence-corrected chi connectivity index (χ1v) is 10.1. The van der Waals surface area contributed by atoms with Gasteiger partial charge in [-0.05, 0) is 32.8 Å². The molecule has 3 aliphatic rings. The van der Waals surface area contributed by atoms with Crippen LogP contribution in [-0.2, 0) is 24.7 Å². The van der Waals surface area contributed by atoms with Crippen molar-refractivity contribution in [1.82, 2.24) is 9.88 Å². The van der Waals surface area contributed by atoms with Crippen molar-refractivity contribution >= 4 is 11.9 Å². The van der Waals surface area contributed by atoms with E-state index in [1.165, 1.54) is 12.3 Å². The Labute approximate surface area is 169 Å². The second-order valence-corrected chi connectivity index (χ2v) is 9.03. The van der Waals surface area contributed by atoms with Crippen molar-refractivity contribution < 1.29 is 28.6 Å². The van der Waals surface area contributed by atoms with Crippen LogP contribution in [0.25, 0.3) is 0 Å². The maximum atomic E-state index is 14.1. The molecular formula is C21H27FN2O5. The fraction of sp³-hybridized carbons (Fsp3) is 0.667. The highest BCUT2D eigenvalue weighted by atomic mass is 19.1. The molecule has 3 aliphatic heterocycles. The van der Waals surface area contributed by atoms with E-state index < -0.39 is 28.7 Å². The molecule has 4 rings (SSSR count). The van der Waals surface area contributed by atoms with E-state index in [0.717, 1.165) is 0 Å². The van der Waals surface area contributed by atoms with E-state index in [0.29, 0.717) is 19.4 Å². The molecule has 2 atom stereocenters. The van der Waals surface area contributed by atoms with Crippen molar-refractivity contribution in [3.05, 3.63) is 29.8 Å². The van der Waals surface area contributed by atoms with Crippen LogP contribution in [0.15, 0.2) is 18.3 Å². The zero-order chi connectivity index (χ0) is 20.9. The number of amides is 1. The van der Waals surface area contributed by atoms with E-state index in [1.807, 2.05) is 13.8 Å². The van der Waals surface area contributed by atoms with E-state index >= 15 is 0 Å². The zero-order valence-corrected chi connectivity index (χ0v) is 16.8. The number of rotatable bonds is 2. The summed E-state index contributed by atoms with van der Waals surface area (Å²) in [6.45, 7) is 4.87. The van der Waals surface area contributed by atoms with E-state index in [2.05, 4.69) is 4.98 Å². The number of piperidine rings is 1. The first-order valence-electron chi connectivity index (χ1n) is 10.1. The predicted octanol–water partition coefficient (Wildman–Crippen LogP) is 1.92. The van der Waals surface area contributed by atoms with Gasteiger partial charge in [0.1, 0.15) is 5.60 Å². The Hall–Kier alpha value is -2.06. The van der Waals surface area contributed by atoms with Gasteiger partial charge in [0.05, 0.1) is 30.1 Å². The van der Waals surface area contributed by atoms with Gasteiger partial charge in [0.25, 0.3) is 0 Å². The van der Waals surface area contributed by atoms with Gasteiger partial charge in [-0.25, -0.2) is 4.98 Å². The molecule has 1 aromatic rings. The highest BCUT2D eigenvalue weighted by Gasteiger charge is 2.57. The molecule has 3 fully saturated rings. The number of hydrogen-bond acceptors (Lipinski definition) is 6. The summed E-state index contributed by atoms with van der Waals surface area (Å²) < 4.78 is 25.5. The molecule has 7 nitrogen and oxygen atoms in total. The average molecular weight is 406 g/mol. The van der Waals surface area contributed by atoms with Crippen LogP contribution in [-0.4, -0.2) is 57.8 Å². The number of aromatic nitrogens is 1. The number of ether oxygens (including phenoxy) is 2. The maximum Gasteiger partial charge on any atom is 0.307 e. The van der Waals surface area contributed by atoms with Crippen LogP contribution in [0.5, 0.6) is 0 Å². The number of esters is 1. The largest absolute Gasteiger partial charge is 0.458 e. The number of hydrogen-bond donors (Lipinski definition) is 1. The number of pyridine rings is 1. The van der Waals surface area contributed by atoms with Gasteiger partial charge in [-0.2, -0.15) is 4.39 Å². The molecule has 1 aromatic heterocycles. The van der Waals surface area contributed by atoms with E-state index in [4.69, 9.17) is 9.47 Å². The second kappa shape index (κ2) is 7.02. The molecule has 1 spiro atoms. The molecule has 29 heavy (non-hydrogen) atoms. The van der Waals surface area contributed by atoms with Crippen molar-refractivity contribution in [2.45, 2.75) is 62.8 Å². The first-order chi connectivity index (χ1) is 13.6. The third kappa shape index (κ3) is 3.64. The van der Waals surface area contributed by atoms with Crippen LogP contribution in [0.3, 0.4) is 0 Å². The van der Waals surface area contributed by atoms with Crippen LogP contribution >= 0.6 is 0 Å². The number of nitrogens with zero attached hydrogens (tertiary/aromatic N) is 2.